The summed E-state index contributed by atoms with van der Waals surface area (Å²) in [5.74, 6) is -0.446. The van der Waals surface area contributed by atoms with Gasteiger partial charge in [0, 0.05) is 22.8 Å². The van der Waals surface area contributed by atoms with Gasteiger partial charge in [-0.1, -0.05) is 11.3 Å². The number of aromatic carboxylic acids is 1. The Morgan fingerprint density at radius 3 is 2.89 bits per heavy atom. The molecule has 1 aromatic heterocycles. The summed E-state index contributed by atoms with van der Waals surface area (Å²) in [7, 11) is -0.873. The van der Waals surface area contributed by atoms with Crippen LogP contribution in [0.2, 0.25) is 0 Å². The van der Waals surface area contributed by atoms with Crippen molar-refractivity contribution in [3.8, 4) is 0 Å². The van der Waals surface area contributed by atoms with Gasteiger partial charge in [-0.3, -0.25) is 4.21 Å². The molecule has 1 heterocycles. The molecule has 0 radical (unpaired) electrons. The summed E-state index contributed by atoms with van der Waals surface area (Å²) in [5, 5.41) is 17.2. The summed E-state index contributed by atoms with van der Waals surface area (Å²) < 4.78 is 12.7. The van der Waals surface area contributed by atoms with Gasteiger partial charge >= 0.3 is 5.97 Å². The standard InChI is InChI=1S/C12H15N3O3S/c1-8(6-7-19(2)18)15-11-9(12(16)17)4-3-5-10(11)13-14-15/h3-5,8H,6-7H2,1-2H3,(H,16,17). The summed E-state index contributed by atoms with van der Waals surface area (Å²) in [4.78, 5) is 11.2. The number of carbonyl (C=O) groups is 1. The number of benzene rings is 1. The van der Waals surface area contributed by atoms with Gasteiger partial charge in [0.05, 0.1) is 11.6 Å². The van der Waals surface area contributed by atoms with E-state index in [9.17, 15) is 14.1 Å². The molecular formula is C12H15N3O3S. The molecule has 1 aromatic carbocycles. The van der Waals surface area contributed by atoms with Crippen molar-refractivity contribution in [1.82, 2.24) is 15.0 Å². The second-order valence-corrected chi connectivity index (χ2v) is 5.98. The highest BCUT2D eigenvalue weighted by Crippen LogP contribution is 2.21. The van der Waals surface area contributed by atoms with Crippen molar-refractivity contribution < 1.29 is 14.1 Å². The number of hydrogen-bond donors (Lipinski definition) is 1. The predicted octanol–water partition coefficient (Wildman–Crippen LogP) is 1.46. The molecule has 7 heteroatoms. The molecule has 0 aliphatic heterocycles. The normalized spacial score (nSPS) is 14.4. The first-order valence-corrected chi connectivity index (χ1v) is 7.60. The molecule has 0 aliphatic carbocycles. The molecule has 0 amide bonds. The summed E-state index contributed by atoms with van der Waals surface area (Å²) in [6, 6.07) is 4.87. The van der Waals surface area contributed by atoms with E-state index in [4.69, 9.17) is 0 Å². The van der Waals surface area contributed by atoms with Crippen LogP contribution in [0, 0.1) is 0 Å². The van der Waals surface area contributed by atoms with Crippen molar-refractivity contribution in [1.29, 1.82) is 0 Å². The molecule has 2 rings (SSSR count). The third kappa shape index (κ3) is 2.81. The largest absolute Gasteiger partial charge is 0.478 e. The first-order chi connectivity index (χ1) is 9.00. The van der Waals surface area contributed by atoms with Crippen LogP contribution < -0.4 is 0 Å². The molecule has 0 saturated heterocycles. The maximum absolute atomic E-state index is 11.2. The van der Waals surface area contributed by atoms with Gasteiger partial charge in [-0.05, 0) is 25.5 Å². The topological polar surface area (TPSA) is 85.1 Å². The van der Waals surface area contributed by atoms with Gasteiger partial charge in [0.25, 0.3) is 0 Å². The molecule has 2 unspecified atom stereocenters. The molecule has 1 N–H and O–H groups in total. The molecule has 0 fully saturated rings. The average molecular weight is 281 g/mol. The first-order valence-electron chi connectivity index (χ1n) is 5.88. The van der Waals surface area contributed by atoms with Crippen LogP contribution in [0.3, 0.4) is 0 Å². The molecular weight excluding hydrogens is 266 g/mol. The van der Waals surface area contributed by atoms with E-state index in [1.165, 1.54) is 6.07 Å². The lowest BCUT2D eigenvalue weighted by Gasteiger charge is -2.12. The van der Waals surface area contributed by atoms with Crippen molar-refractivity contribution >= 4 is 27.8 Å². The Kier molecular flexibility index (Phi) is 3.94. The summed E-state index contributed by atoms with van der Waals surface area (Å²) in [6.45, 7) is 1.92. The fourth-order valence-corrected chi connectivity index (χ4v) is 2.61. The van der Waals surface area contributed by atoms with Gasteiger partial charge in [0.1, 0.15) is 11.0 Å². The number of aromatic nitrogens is 3. The lowest BCUT2D eigenvalue weighted by atomic mass is 10.1. The van der Waals surface area contributed by atoms with Crippen LogP contribution in [0.15, 0.2) is 18.2 Å². The lowest BCUT2D eigenvalue weighted by molar-refractivity contribution is 0.0698. The number of carboxylic acids is 1. The number of rotatable bonds is 5. The van der Waals surface area contributed by atoms with Crippen molar-refractivity contribution in [2.24, 2.45) is 0 Å². The molecule has 6 nitrogen and oxygen atoms in total. The SMILES string of the molecule is CC(CCS(C)=O)n1nnc2cccc(C(=O)O)c21. The third-order valence-electron chi connectivity index (χ3n) is 2.96. The van der Waals surface area contributed by atoms with Gasteiger partial charge in [0.2, 0.25) is 0 Å². The summed E-state index contributed by atoms with van der Waals surface area (Å²) in [6.07, 6.45) is 2.31. The Morgan fingerprint density at radius 1 is 1.53 bits per heavy atom. The van der Waals surface area contributed by atoms with Gasteiger partial charge in [-0.2, -0.15) is 0 Å². The number of hydrogen-bond acceptors (Lipinski definition) is 4. The number of nitrogens with zero attached hydrogens (tertiary/aromatic N) is 3. The zero-order valence-corrected chi connectivity index (χ0v) is 11.6. The molecule has 0 bridgehead atoms. The Labute approximate surface area is 112 Å². The van der Waals surface area contributed by atoms with Gasteiger partial charge in [-0.15, -0.1) is 5.10 Å². The lowest BCUT2D eigenvalue weighted by Crippen LogP contribution is -2.12. The van der Waals surface area contributed by atoms with Crippen LogP contribution in [0.25, 0.3) is 11.0 Å². The smallest absolute Gasteiger partial charge is 0.337 e. The zero-order valence-electron chi connectivity index (χ0n) is 10.7. The van der Waals surface area contributed by atoms with Gasteiger partial charge in [0.15, 0.2) is 0 Å². The van der Waals surface area contributed by atoms with E-state index in [2.05, 4.69) is 10.3 Å². The quantitative estimate of drug-likeness (QED) is 0.896. The zero-order chi connectivity index (χ0) is 14.0. The van der Waals surface area contributed by atoms with Crippen LogP contribution in [0.1, 0.15) is 29.7 Å². The van der Waals surface area contributed by atoms with Crippen molar-refractivity contribution in [3.05, 3.63) is 23.8 Å². The van der Waals surface area contributed by atoms with Gasteiger partial charge in [-0.25, -0.2) is 9.48 Å². The highest BCUT2D eigenvalue weighted by molar-refractivity contribution is 7.84. The predicted molar refractivity (Wildman–Crippen MR) is 72.7 cm³/mol. The first kappa shape index (κ1) is 13.7. The molecule has 0 saturated carbocycles. The summed E-state index contributed by atoms with van der Waals surface area (Å²) >= 11 is 0. The molecule has 0 spiro atoms. The van der Waals surface area contributed by atoms with Crippen molar-refractivity contribution in [2.45, 2.75) is 19.4 Å². The van der Waals surface area contributed by atoms with Gasteiger partial charge < -0.3 is 5.11 Å². The molecule has 19 heavy (non-hydrogen) atoms. The minimum atomic E-state index is -1.000. The second-order valence-electron chi connectivity index (χ2n) is 4.43. The van der Waals surface area contributed by atoms with Crippen LogP contribution in [-0.2, 0) is 10.8 Å². The minimum Gasteiger partial charge on any atom is -0.478 e. The number of fused-ring (bicyclic) bond motifs is 1. The Bertz CT molecular complexity index is 638. The van der Waals surface area contributed by atoms with Crippen LogP contribution in [-0.4, -0.2) is 42.3 Å². The Hall–Kier alpha value is -1.76. The fourth-order valence-electron chi connectivity index (χ4n) is 1.93. The molecule has 2 aromatic rings. The maximum atomic E-state index is 11.2. The van der Waals surface area contributed by atoms with E-state index in [0.29, 0.717) is 23.2 Å². The Balaban J connectivity index is 2.43. The van der Waals surface area contributed by atoms with Crippen molar-refractivity contribution in [3.63, 3.8) is 0 Å². The minimum absolute atomic E-state index is 0.0469. The van der Waals surface area contributed by atoms with E-state index < -0.39 is 16.8 Å². The van der Waals surface area contributed by atoms with Crippen LogP contribution in [0.4, 0.5) is 0 Å². The number of carboxylic acid groups (broad SMARTS) is 1. The fraction of sp³-hybridized carbons (Fsp3) is 0.417. The highest BCUT2D eigenvalue weighted by atomic mass is 32.2. The monoisotopic (exact) mass is 281 g/mol. The van der Waals surface area contributed by atoms with E-state index in [1.807, 2.05) is 6.92 Å². The number of para-hydroxylation sites is 1. The van der Waals surface area contributed by atoms with E-state index in [0.717, 1.165) is 0 Å². The highest BCUT2D eigenvalue weighted by Gasteiger charge is 2.17. The van der Waals surface area contributed by atoms with Crippen molar-refractivity contribution in [2.75, 3.05) is 12.0 Å². The maximum Gasteiger partial charge on any atom is 0.337 e. The van der Waals surface area contributed by atoms with Crippen LogP contribution >= 0.6 is 0 Å². The van der Waals surface area contributed by atoms with Crippen LogP contribution in [0.5, 0.6) is 0 Å². The van der Waals surface area contributed by atoms with E-state index >= 15 is 0 Å². The molecule has 0 aliphatic rings. The molecule has 2 atom stereocenters. The average Bonchev–Trinajstić information content (AvgIpc) is 2.79. The second kappa shape index (κ2) is 5.48. The summed E-state index contributed by atoms with van der Waals surface area (Å²) in [5.41, 5.74) is 1.26. The van der Waals surface area contributed by atoms with E-state index in [-0.39, 0.29) is 11.6 Å². The molecule has 102 valence electrons. The third-order valence-corrected chi connectivity index (χ3v) is 3.77. The van der Waals surface area contributed by atoms with E-state index in [1.54, 1.807) is 23.1 Å². The Morgan fingerprint density at radius 2 is 2.26 bits per heavy atom.